The highest BCUT2D eigenvalue weighted by Gasteiger charge is 2.17. The van der Waals surface area contributed by atoms with E-state index in [0.29, 0.717) is 0 Å². The van der Waals surface area contributed by atoms with Gasteiger partial charge in [0, 0.05) is 0 Å². The van der Waals surface area contributed by atoms with E-state index in [1.807, 2.05) is 30.3 Å². The molecule has 1 N–H and O–H groups in total. The number of carbonyl (C=O) groups is 1. The highest BCUT2D eigenvalue weighted by Crippen LogP contribution is 2.25. The van der Waals surface area contributed by atoms with Crippen molar-refractivity contribution >= 4 is 17.6 Å². The molecule has 0 saturated carbocycles. The van der Waals surface area contributed by atoms with E-state index in [-0.39, 0.29) is 23.2 Å². The third kappa shape index (κ3) is 2.75. The fraction of sp³-hybridized carbons (Fsp3) is 0.0833. The van der Waals surface area contributed by atoms with E-state index in [4.69, 9.17) is 21.4 Å². The van der Waals surface area contributed by atoms with Crippen molar-refractivity contribution in [3.63, 3.8) is 0 Å². The van der Waals surface area contributed by atoms with Crippen molar-refractivity contribution < 1.29 is 14.6 Å². The van der Waals surface area contributed by atoms with Gasteiger partial charge >= 0.3 is 5.97 Å². The normalized spacial score (nSPS) is 10.1. The second-order valence-electron chi connectivity index (χ2n) is 3.42. The Labute approximate surface area is 108 Å². The van der Waals surface area contributed by atoms with E-state index >= 15 is 0 Å². The quantitative estimate of drug-likeness (QED) is 0.859. The third-order valence-corrected chi connectivity index (χ3v) is 2.46. The van der Waals surface area contributed by atoms with Crippen molar-refractivity contribution in [2.75, 3.05) is 0 Å². The van der Waals surface area contributed by atoms with Crippen LogP contribution in [0.5, 0.6) is 5.75 Å². The van der Waals surface area contributed by atoms with Crippen LogP contribution in [0.4, 0.5) is 0 Å². The molecule has 0 aliphatic carbocycles. The van der Waals surface area contributed by atoms with Gasteiger partial charge < -0.3 is 9.84 Å². The first kappa shape index (κ1) is 12.3. The zero-order chi connectivity index (χ0) is 13.0. The summed E-state index contributed by atoms with van der Waals surface area (Å²) in [7, 11) is 0. The fourth-order valence-electron chi connectivity index (χ4n) is 1.36. The van der Waals surface area contributed by atoms with E-state index in [1.54, 1.807) is 0 Å². The molecule has 0 atom stereocenters. The van der Waals surface area contributed by atoms with Gasteiger partial charge in [-0.15, -0.1) is 0 Å². The van der Waals surface area contributed by atoms with Crippen molar-refractivity contribution in [2.45, 2.75) is 6.61 Å². The van der Waals surface area contributed by atoms with Crippen LogP contribution in [-0.2, 0) is 6.61 Å². The lowest BCUT2D eigenvalue weighted by Crippen LogP contribution is -2.07. The maximum Gasteiger partial charge on any atom is 0.358 e. The zero-order valence-electron chi connectivity index (χ0n) is 9.21. The fourth-order valence-corrected chi connectivity index (χ4v) is 1.55. The average Bonchev–Trinajstić information content (AvgIpc) is 2.38. The molecule has 18 heavy (non-hydrogen) atoms. The highest BCUT2D eigenvalue weighted by atomic mass is 35.5. The Hall–Kier alpha value is -2.14. The van der Waals surface area contributed by atoms with Gasteiger partial charge in [0.1, 0.15) is 12.9 Å². The molecule has 5 nitrogen and oxygen atoms in total. The van der Waals surface area contributed by atoms with Gasteiger partial charge in [-0.25, -0.2) is 14.8 Å². The molecule has 0 spiro atoms. The van der Waals surface area contributed by atoms with Crippen molar-refractivity contribution in [2.24, 2.45) is 0 Å². The number of carboxylic acids is 1. The molecule has 0 aliphatic heterocycles. The number of benzene rings is 1. The Morgan fingerprint density at radius 3 is 2.67 bits per heavy atom. The summed E-state index contributed by atoms with van der Waals surface area (Å²) in [5.41, 5.74) is 0.652. The number of ether oxygens (including phenoxy) is 1. The summed E-state index contributed by atoms with van der Waals surface area (Å²) < 4.78 is 5.38. The van der Waals surface area contributed by atoms with Gasteiger partial charge in [-0.2, -0.15) is 0 Å². The van der Waals surface area contributed by atoms with Crippen LogP contribution in [0.1, 0.15) is 16.1 Å². The molecular formula is C12H9ClN2O3. The Balaban J connectivity index is 2.21. The molecule has 1 aromatic carbocycles. The molecule has 2 aromatic rings. The number of aromatic nitrogens is 2. The second-order valence-corrected chi connectivity index (χ2v) is 3.78. The summed E-state index contributed by atoms with van der Waals surface area (Å²) >= 11 is 5.80. The molecule has 1 heterocycles. The molecule has 0 amide bonds. The summed E-state index contributed by atoms with van der Waals surface area (Å²) in [4.78, 5) is 18.3. The predicted octanol–water partition coefficient (Wildman–Crippen LogP) is 2.41. The first-order valence-corrected chi connectivity index (χ1v) is 5.47. The topological polar surface area (TPSA) is 72.3 Å². The lowest BCUT2D eigenvalue weighted by Gasteiger charge is -2.09. The van der Waals surface area contributed by atoms with Crippen LogP contribution in [0, 0.1) is 0 Å². The summed E-state index contributed by atoms with van der Waals surface area (Å²) in [5, 5.41) is 8.94. The van der Waals surface area contributed by atoms with Crippen LogP contribution in [0.3, 0.4) is 0 Å². The minimum Gasteiger partial charge on any atom is -0.483 e. The van der Waals surface area contributed by atoms with Gasteiger partial charge in [0.25, 0.3) is 0 Å². The summed E-state index contributed by atoms with van der Waals surface area (Å²) in [5.74, 6) is -1.22. The minimum atomic E-state index is -1.21. The number of aromatic carboxylic acids is 1. The van der Waals surface area contributed by atoms with E-state index in [9.17, 15) is 4.79 Å². The van der Waals surface area contributed by atoms with E-state index in [1.165, 1.54) is 0 Å². The summed E-state index contributed by atoms with van der Waals surface area (Å²) in [6.07, 6.45) is 1.08. The molecule has 0 saturated heterocycles. The van der Waals surface area contributed by atoms with E-state index in [2.05, 4.69) is 9.97 Å². The Morgan fingerprint density at radius 2 is 2.00 bits per heavy atom. The standard InChI is InChI=1S/C12H9ClN2O3/c13-11-10(9(12(16)17)14-7-15-11)18-6-8-4-2-1-3-5-8/h1-5,7H,6H2,(H,16,17). The first-order chi connectivity index (χ1) is 8.68. The van der Waals surface area contributed by atoms with Gasteiger partial charge in [0.05, 0.1) is 0 Å². The molecule has 0 radical (unpaired) electrons. The van der Waals surface area contributed by atoms with Crippen molar-refractivity contribution in [3.05, 3.63) is 53.1 Å². The number of hydrogen-bond acceptors (Lipinski definition) is 4. The van der Waals surface area contributed by atoms with Crippen molar-refractivity contribution in [3.8, 4) is 5.75 Å². The van der Waals surface area contributed by atoms with E-state index in [0.717, 1.165) is 11.9 Å². The first-order valence-electron chi connectivity index (χ1n) is 5.09. The average molecular weight is 265 g/mol. The lowest BCUT2D eigenvalue weighted by molar-refractivity contribution is 0.0684. The maximum atomic E-state index is 11.0. The predicted molar refractivity (Wildman–Crippen MR) is 64.8 cm³/mol. The van der Waals surface area contributed by atoms with E-state index < -0.39 is 5.97 Å². The van der Waals surface area contributed by atoms with Crippen molar-refractivity contribution in [1.29, 1.82) is 0 Å². The molecule has 0 unspecified atom stereocenters. The number of carboxylic acid groups (broad SMARTS) is 1. The molecule has 0 fully saturated rings. The SMILES string of the molecule is O=C(O)c1ncnc(Cl)c1OCc1ccccc1. The lowest BCUT2D eigenvalue weighted by atomic mass is 10.2. The molecule has 92 valence electrons. The van der Waals surface area contributed by atoms with Crippen molar-refractivity contribution in [1.82, 2.24) is 9.97 Å². The number of hydrogen-bond donors (Lipinski definition) is 1. The van der Waals surface area contributed by atoms with Gasteiger partial charge in [-0.1, -0.05) is 41.9 Å². The monoisotopic (exact) mass is 264 g/mol. The van der Waals surface area contributed by atoms with Crippen LogP contribution in [-0.4, -0.2) is 21.0 Å². The zero-order valence-corrected chi connectivity index (χ0v) is 9.96. The number of halogens is 1. The van der Waals surface area contributed by atoms with Gasteiger partial charge in [0.2, 0.25) is 0 Å². The van der Waals surface area contributed by atoms with Gasteiger partial charge in [-0.3, -0.25) is 0 Å². The summed E-state index contributed by atoms with van der Waals surface area (Å²) in [6.45, 7) is 0.203. The Morgan fingerprint density at radius 1 is 1.28 bits per heavy atom. The molecule has 0 bridgehead atoms. The molecular weight excluding hydrogens is 256 g/mol. The molecule has 6 heteroatoms. The smallest absolute Gasteiger partial charge is 0.358 e. The second kappa shape index (κ2) is 5.46. The maximum absolute atomic E-state index is 11.0. The Bertz CT molecular complexity index is 561. The molecule has 2 rings (SSSR count). The third-order valence-electron chi connectivity index (χ3n) is 2.19. The van der Waals surface area contributed by atoms with Crippen LogP contribution in [0.15, 0.2) is 36.7 Å². The van der Waals surface area contributed by atoms with Crippen LogP contribution in [0.2, 0.25) is 5.15 Å². The molecule has 0 aliphatic rings. The highest BCUT2D eigenvalue weighted by molar-refractivity contribution is 6.31. The molecule has 1 aromatic heterocycles. The minimum absolute atomic E-state index is 0.0154. The Kier molecular flexibility index (Phi) is 3.74. The van der Waals surface area contributed by atoms with Crippen LogP contribution >= 0.6 is 11.6 Å². The van der Waals surface area contributed by atoms with Gasteiger partial charge in [0.15, 0.2) is 16.6 Å². The van der Waals surface area contributed by atoms with Crippen LogP contribution in [0.25, 0.3) is 0 Å². The summed E-state index contributed by atoms with van der Waals surface area (Å²) in [6, 6.07) is 9.32. The number of nitrogens with zero attached hydrogens (tertiary/aromatic N) is 2. The van der Waals surface area contributed by atoms with Crippen LogP contribution < -0.4 is 4.74 Å². The largest absolute Gasteiger partial charge is 0.483 e. The van der Waals surface area contributed by atoms with Gasteiger partial charge in [-0.05, 0) is 5.56 Å². The number of rotatable bonds is 4.